The molecule has 0 rings (SSSR count). The number of nitrogens with zero attached hydrogens (tertiary/aromatic N) is 1. The van der Waals surface area contributed by atoms with Crippen LogP contribution < -0.4 is 10.6 Å². The molecule has 1 amide bonds. The molecule has 19 heavy (non-hydrogen) atoms. The molecule has 0 saturated carbocycles. The van der Waals surface area contributed by atoms with Crippen molar-refractivity contribution in [2.75, 3.05) is 0 Å². The van der Waals surface area contributed by atoms with Crippen LogP contribution in [-0.4, -0.2) is 29.1 Å². The Bertz CT molecular complexity index is 396. The van der Waals surface area contributed by atoms with E-state index in [1.165, 1.54) is 0 Å². The van der Waals surface area contributed by atoms with Crippen molar-refractivity contribution >= 4 is 11.9 Å². The fraction of sp³-hybridized carbons (Fsp3) is 0.615. The first-order chi connectivity index (χ1) is 8.83. The van der Waals surface area contributed by atoms with Gasteiger partial charge in [0.2, 0.25) is 0 Å². The van der Waals surface area contributed by atoms with Gasteiger partial charge in [-0.05, 0) is 19.3 Å². The fourth-order valence-corrected chi connectivity index (χ4v) is 1.27. The SMILES string of the molecule is CCC(C)NC(=O)/C(C#N)=C\NC(C(=O)O)C(C)C. The van der Waals surface area contributed by atoms with Crippen molar-refractivity contribution < 1.29 is 14.7 Å². The lowest BCUT2D eigenvalue weighted by atomic mass is 10.1. The summed E-state index contributed by atoms with van der Waals surface area (Å²) >= 11 is 0. The summed E-state index contributed by atoms with van der Waals surface area (Å²) in [4.78, 5) is 22.7. The molecule has 0 aromatic carbocycles. The third kappa shape index (κ3) is 5.91. The molecule has 6 nitrogen and oxygen atoms in total. The van der Waals surface area contributed by atoms with Crippen molar-refractivity contribution in [3.63, 3.8) is 0 Å². The van der Waals surface area contributed by atoms with E-state index in [9.17, 15) is 9.59 Å². The predicted molar refractivity (Wildman–Crippen MR) is 71.0 cm³/mol. The molecule has 2 atom stereocenters. The van der Waals surface area contributed by atoms with Gasteiger partial charge in [0.15, 0.2) is 0 Å². The maximum Gasteiger partial charge on any atom is 0.326 e. The number of amides is 1. The number of hydrogen-bond acceptors (Lipinski definition) is 4. The van der Waals surface area contributed by atoms with Gasteiger partial charge in [-0.25, -0.2) is 4.79 Å². The normalized spacial score (nSPS) is 14.4. The quantitative estimate of drug-likeness (QED) is 0.472. The molecule has 0 spiro atoms. The van der Waals surface area contributed by atoms with Crippen LogP contribution >= 0.6 is 0 Å². The summed E-state index contributed by atoms with van der Waals surface area (Å²) in [6.07, 6.45) is 1.91. The van der Waals surface area contributed by atoms with E-state index in [-0.39, 0.29) is 17.5 Å². The second kappa shape index (κ2) is 8.14. The Morgan fingerprint density at radius 3 is 2.32 bits per heavy atom. The van der Waals surface area contributed by atoms with Crippen molar-refractivity contribution in [2.45, 2.75) is 46.2 Å². The maximum absolute atomic E-state index is 11.7. The van der Waals surface area contributed by atoms with E-state index < -0.39 is 17.9 Å². The van der Waals surface area contributed by atoms with Crippen LogP contribution in [0.3, 0.4) is 0 Å². The molecular formula is C13H21N3O3. The Morgan fingerprint density at radius 2 is 1.95 bits per heavy atom. The summed E-state index contributed by atoms with van der Waals surface area (Å²) in [7, 11) is 0. The van der Waals surface area contributed by atoms with Crippen molar-refractivity contribution in [1.82, 2.24) is 10.6 Å². The van der Waals surface area contributed by atoms with E-state index in [4.69, 9.17) is 10.4 Å². The van der Waals surface area contributed by atoms with Crippen molar-refractivity contribution in [1.29, 1.82) is 5.26 Å². The minimum Gasteiger partial charge on any atom is -0.480 e. The number of hydrogen-bond donors (Lipinski definition) is 3. The first-order valence-electron chi connectivity index (χ1n) is 6.23. The van der Waals surface area contributed by atoms with Gasteiger partial charge in [-0.1, -0.05) is 20.8 Å². The van der Waals surface area contributed by atoms with E-state index in [0.29, 0.717) is 0 Å². The third-order valence-corrected chi connectivity index (χ3v) is 2.69. The molecule has 106 valence electrons. The highest BCUT2D eigenvalue weighted by Gasteiger charge is 2.20. The second-order valence-electron chi connectivity index (χ2n) is 4.68. The monoisotopic (exact) mass is 267 g/mol. The molecule has 0 saturated heterocycles. The molecular weight excluding hydrogens is 246 g/mol. The van der Waals surface area contributed by atoms with Gasteiger partial charge in [0.05, 0.1) is 0 Å². The number of carbonyl (C=O) groups excluding carboxylic acids is 1. The predicted octanol–water partition coefficient (Wildman–Crippen LogP) is 1.01. The number of aliphatic carboxylic acids is 1. The van der Waals surface area contributed by atoms with E-state index in [1.54, 1.807) is 19.9 Å². The van der Waals surface area contributed by atoms with Crippen molar-refractivity contribution in [2.24, 2.45) is 5.92 Å². The molecule has 0 aromatic rings. The summed E-state index contributed by atoms with van der Waals surface area (Å²) in [5.41, 5.74) is -0.132. The fourth-order valence-electron chi connectivity index (χ4n) is 1.27. The minimum absolute atomic E-state index is 0.0374. The summed E-state index contributed by atoms with van der Waals surface area (Å²) < 4.78 is 0. The summed E-state index contributed by atoms with van der Waals surface area (Å²) in [5.74, 6) is -1.69. The van der Waals surface area contributed by atoms with Crippen LogP contribution in [0.2, 0.25) is 0 Å². The molecule has 0 aliphatic carbocycles. The Morgan fingerprint density at radius 1 is 1.37 bits per heavy atom. The molecule has 2 unspecified atom stereocenters. The highest BCUT2D eigenvalue weighted by atomic mass is 16.4. The van der Waals surface area contributed by atoms with Crippen LogP contribution in [0.5, 0.6) is 0 Å². The zero-order chi connectivity index (χ0) is 15.0. The Kier molecular flexibility index (Phi) is 7.27. The van der Waals surface area contributed by atoms with Crippen LogP contribution in [0, 0.1) is 17.2 Å². The van der Waals surface area contributed by atoms with Crippen molar-refractivity contribution in [3.05, 3.63) is 11.8 Å². The van der Waals surface area contributed by atoms with Gasteiger partial charge in [0.1, 0.15) is 17.7 Å². The van der Waals surface area contributed by atoms with E-state index in [0.717, 1.165) is 12.6 Å². The average Bonchev–Trinajstić information content (AvgIpc) is 2.33. The number of rotatable bonds is 7. The molecule has 0 aliphatic rings. The standard InChI is InChI=1S/C13H21N3O3/c1-5-9(4)16-12(17)10(6-14)7-15-11(8(2)3)13(18)19/h7-9,11,15H,5H2,1-4H3,(H,16,17)(H,18,19)/b10-7-. The van der Waals surface area contributed by atoms with E-state index in [1.807, 2.05) is 13.8 Å². The summed E-state index contributed by atoms with van der Waals surface area (Å²) in [6.45, 7) is 7.22. The van der Waals surface area contributed by atoms with E-state index >= 15 is 0 Å². The largest absolute Gasteiger partial charge is 0.480 e. The number of carbonyl (C=O) groups is 2. The third-order valence-electron chi connectivity index (χ3n) is 2.69. The first-order valence-corrected chi connectivity index (χ1v) is 6.23. The maximum atomic E-state index is 11.7. The van der Waals surface area contributed by atoms with Crippen molar-refractivity contribution in [3.8, 4) is 6.07 Å². The lowest BCUT2D eigenvalue weighted by Crippen LogP contribution is -2.39. The molecule has 6 heteroatoms. The van der Waals surface area contributed by atoms with Crippen LogP contribution in [0.1, 0.15) is 34.1 Å². The summed E-state index contributed by atoms with van der Waals surface area (Å²) in [6, 6.07) is 0.887. The topological polar surface area (TPSA) is 102 Å². The van der Waals surface area contributed by atoms with Gasteiger partial charge >= 0.3 is 5.97 Å². The van der Waals surface area contributed by atoms with Crippen LogP contribution in [-0.2, 0) is 9.59 Å². The number of carboxylic acids is 1. The summed E-state index contributed by atoms with van der Waals surface area (Å²) in [5, 5.41) is 23.1. The zero-order valence-electron chi connectivity index (χ0n) is 11.7. The van der Waals surface area contributed by atoms with Crippen LogP contribution in [0.25, 0.3) is 0 Å². The van der Waals surface area contributed by atoms with Gasteiger partial charge in [-0.3, -0.25) is 4.79 Å². The van der Waals surface area contributed by atoms with Crippen LogP contribution in [0.4, 0.5) is 0 Å². The molecule has 0 radical (unpaired) electrons. The minimum atomic E-state index is -1.02. The van der Waals surface area contributed by atoms with Gasteiger partial charge < -0.3 is 15.7 Å². The van der Waals surface area contributed by atoms with E-state index in [2.05, 4.69) is 10.6 Å². The smallest absolute Gasteiger partial charge is 0.326 e. The second-order valence-corrected chi connectivity index (χ2v) is 4.68. The molecule has 0 aromatic heterocycles. The van der Waals surface area contributed by atoms with Gasteiger partial charge in [-0.2, -0.15) is 5.26 Å². The Hall–Kier alpha value is -2.03. The average molecular weight is 267 g/mol. The number of nitriles is 1. The highest BCUT2D eigenvalue weighted by Crippen LogP contribution is 2.03. The molecule has 0 fully saturated rings. The zero-order valence-corrected chi connectivity index (χ0v) is 11.7. The first kappa shape index (κ1) is 17.0. The Balaban J connectivity index is 4.77. The lowest BCUT2D eigenvalue weighted by molar-refractivity contribution is -0.140. The lowest BCUT2D eigenvalue weighted by Gasteiger charge is -2.17. The number of carboxylic acid groups (broad SMARTS) is 1. The highest BCUT2D eigenvalue weighted by molar-refractivity contribution is 5.97. The molecule has 0 aliphatic heterocycles. The van der Waals surface area contributed by atoms with Gasteiger partial charge in [-0.15, -0.1) is 0 Å². The molecule has 0 bridgehead atoms. The van der Waals surface area contributed by atoms with Gasteiger partial charge in [0, 0.05) is 12.2 Å². The molecule has 0 heterocycles. The van der Waals surface area contributed by atoms with Crippen LogP contribution in [0.15, 0.2) is 11.8 Å². The Labute approximate surface area is 113 Å². The number of nitrogens with one attached hydrogen (secondary N) is 2. The molecule has 3 N–H and O–H groups in total. The van der Waals surface area contributed by atoms with Gasteiger partial charge in [0.25, 0.3) is 5.91 Å².